The molecule has 2 aromatic rings. The minimum Gasteiger partial charge on any atom is -0.382 e. The maximum atomic E-state index is 12.3. The van der Waals surface area contributed by atoms with Gasteiger partial charge < -0.3 is 15.6 Å². The van der Waals surface area contributed by atoms with Crippen molar-refractivity contribution < 1.29 is 4.79 Å². The average molecular weight is 538 g/mol. The van der Waals surface area contributed by atoms with Gasteiger partial charge in [-0.05, 0) is 49.4 Å². The van der Waals surface area contributed by atoms with Crippen LogP contribution in [0.3, 0.4) is 0 Å². The van der Waals surface area contributed by atoms with Gasteiger partial charge >= 0.3 is 0 Å². The van der Waals surface area contributed by atoms with Gasteiger partial charge in [-0.25, -0.2) is 0 Å². The minimum absolute atomic E-state index is 0.208. The lowest BCUT2D eigenvalue weighted by Crippen LogP contribution is -2.25. The number of anilines is 1. The smallest absolute Gasteiger partial charge is 0.220 e. The number of nitrogens with one attached hydrogen (secondary N) is 3. The first-order chi connectivity index (χ1) is 19.3. The van der Waals surface area contributed by atoms with E-state index in [9.17, 15) is 4.79 Å². The molecule has 1 aromatic carbocycles. The van der Waals surface area contributed by atoms with Crippen LogP contribution in [0.1, 0.15) is 154 Å². The van der Waals surface area contributed by atoms with E-state index in [0.29, 0.717) is 19.0 Å². The van der Waals surface area contributed by atoms with Crippen molar-refractivity contribution in [1.29, 1.82) is 0 Å². The molecule has 39 heavy (non-hydrogen) atoms. The molecule has 1 aliphatic carbocycles. The molecule has 0 radical (unpaired) electrons. The topological polar surface area (TPSA) is 56.9 Å². The number of hydrogen-bond acceptors (Lipinski definition) is 2. The van der Waals surface area contributed by atoms with Gasteiger partial charge in [0.2, 0.25) is 5.91 Å². The van der Waals surface area contributed by atoms with Crippen molar-refractivity contribution in [2.24, 2.45) is 0 Å². The molecule has 0 atom stereocenters. The Kier molecular flexibility index (Phi) is 16.2. The van der Waals surface area contributed by atoms with Crippen molar-refractivity contribution in [2.45, 2.75) is 161 Å². The fourth-order valence-corrected chi connectivity index (χ4v) is 6.22. The van der Waals surface area contributed by atoms with E-state index >= 15 is 0 Å². The predicted molar refractivity (Wildman–Crippen MR) is 170 cm³/mol. The Labute approximate surface area is 239 Å². The quantitative estimate of drug-likeness (QED) is 0.123. The van der Waals surface area contributed by atoms with Gasteiger partial charge in [-0.15, -0.1) is 0 Å². The van der Waals surface area contributed by atoms with Gasteiger partial charge in [-0.2, -0.15) is 0 Å². The first-order valence-electron chi connectivity index (χ1n) is 16.9. The molecule has 3 rings (SSSR count). The molecule has 4 nitrogen and oxygen atoms in total. The Balaban J connectivity index is 1.12. The summed E-state index contributed by atoms with van der Waals surface area (Å²) in [6, 6.07) is 7.26. The monoisotopic (exact) mass is 537 g/mol. The van der Waals surface area contributed by atoms with Gasteiger partial charge in [0.15, 0.2) is 0 Å². The number of fused-ring (bicyclic) bond motifs is 1. The molecule has 1 aliphatic rings. The van der Waals surface area contributed by atoms with Crippen LogP contribution in [0.2, 0.25) is 0 Å². The molecule has 0 bridgehead atoms. The zero-order valence-electron chi connectivity index (χ0n) is 25.3. The summed E-state index contributed by atoms with van der Waals surface area (Å²) >= 11 is 0. The van der Waals surface area contributed by atoms with E-state index in [0.717, 1.165) is 12.8 Å². The summed E-state index contributed by atoms with van der Waals surface area (Å²) in [7, 11) is 0. The number of rotatable bonds is 23. The second kappa shape index (κ2) is 20.0. The van der Waals surface area contributed by atoms with E-state index in [2.05, 4.69) is 46.9 Å². The number of unbranched alkanes of at least 4 members (excludes halogenated alkanes) is 16. The summed E-state index contributed by atoms with van der Waals surface area (Å²) in [5.41, 5.74) is 3.69. The zero-order valence-corrected chi connectivity index (χ0v) is 25.3. The highest BCUT2D eigenvalue weighted by atomic mass is 16.1. The fraction of sp³-hybridized carbons (Fsp3) is 0.743. The van der Waals surface area contributed by atoms with E-state index in [4.69, 9.17) is 0 Å². The number of aromatic nitrogens is 1. The van der Waals surface area contributed by atoms with Gasteiger partial charge in [0, 0.05) is 41.8 Å². The Bertz CT molecular complexity index is 898. The fourth-order valence-electron chi connectivity index (χ4n) is 6.22. The summed E-state index contributed by atoms with van der Waals surface area (Å²) in [6.45, 7) is 3.00. The van der Waals surface area contributed by atoms with Crippen LogP contribution in [0.5, 0.6) is 0 Å². The van der Waals surface area contributed by atoms with Gasteiger partial charge in [0.25, 0.3) is 0 Å². The zero-order chi connectivity index (χ0) is 27.4. The van der Waals surface area contributed by atoms with Crippen LogP contribution in [-0.4, -0.2) is 23.5 Å². The third kappa shape index (κ3) is 13.3. The lowest BCUT2D eigenvalue weighted by atomic mass is 10.0. The standard InChI is InChI=1S/C35H59N3O/c1-2-3-4-5-6-7-8-9-10-11-12-13-14-15-16-17-18-23-35(39)36-27-26-30-29-37-34-25-24-32(28-33(30)34)38-31-21-19-20-22-31/h24-25,28-29,31,37-38H,2-23,26-27H2,1H3,(H,36,39). The van der Waals surface area contributed by atoms with Crippen LogP contribution in [0.15, 0.2) is 24.4 Å². The SMILES string of the molecule is CCCCCCCCCCCCCCCCCCCC(=O)NCCc1c[nH]c2ccc(NC3CCCC3)cc12. The van der Waals surface area contributed by atoms with E-state index in [1.807, 2.05) is 0 Å². The first kappa shape index (κ1) is 31.6. The van der Waals surface area contributed by atoms with Crippen LogP contribution in [0.25, 0.3) is 10.9 Å². The first-order valence-corrected chi connectivity index (χ1v) is 16.9. The predicted octanol–water partition coefficient (Wildman–Crippen LogP) is 10.2. The Morgan fingerprint density at radius 3 is 1.95 bits per heavy atom. The number of carbonyl (C=O) groups excluding carboxylic acids is 1. The average Bonchev–Trinajstić information content (AvgIpc) is 3.60. The minimum atomic E-state index is 0.208. The van der Waals surface area contributed by atoms with Gasteiger partial charge in [-0.1, -0.05) is 122 Å². The highest BCUT2D eigenvalue weighted by molar-refractivity contribution is 5.86. The summed E-state index contributed by atoms with van der Waals surface area (Å²) in [5, 5.41) is 8.13. The summed E-state index contributed by atoms with van der Waals surface area (Å²) < 4.78 is 0. The molecule has 1 aromatic heterocycles. The van der Waals surface area contributed by atoms with Crippen molar-refractivity contribution in [2.75, 3.05) is 11.9 Å². The lowest BCUT2D eigenvalue weighted by Gasteiger charge is -2.13. The number of H-pyrrole nitrogens is 1. The highest BCUT2D eigenvalue weighted by Gasteiger charge is 2.15. The maximum Gasteiger partial charge on any atom is 0.220 e. The number of benzene rings is 1. The summed E-state index contributed by atoms with van der Waals surface area (Å²) in [4.78, 5) is 15.7. The second-order valence-corrected chi connectivity index (χ2v) is 12.2. The molecule has 220 valence electrons. The van der Waals surface area contributed by atoms with E-state index in [1.165, 1.54) is 151 Å². The van der Waals surface area contributed by atoms with Crippen LogP contribution in [0.4, 0.5) is 5.69 Å². The van der Waals surface area contributed by atoms with Crippen LogP contribution >= 0.6 is 0 Å². The molecular weight excluding hydrogens is 478 g/mol. The van der Waals surface area contributed by atoms with Gasteiger partial charge in [0.05, 0.1) is 0 Å². The lowest BCUT2D eigenvalue weighted by molar-refractivity contribution is -0.121. The molecule has 1 fully saturated rings. The third-order valence-electron chi connectivity index (χ3n) is 8.72. The number of hydrogen-bond donors (Lipinski definition) is 3. The van der Waals surface area contributed by atoms with Crippen molar-refractivity contribution in [3.63, 3.8) is 0 Å². The van der Waals surface area contributed by atoms with Crippen molar-refractivity contribution in [3.05, 3.63) is 30.0 Å². The van der Waals surface area contributed by atoms with Crippen molar-refractivity contribution in [1.82, 2.24) is 10.3 Å². The molecule has 1 amide bonds. The normalized spacial score (nSPS) is 13.9. The molecule has 4 heteroatoms. The van der Waals surface area contributed by atoms with Crippen LogP contribution < -0.4 is 10.6 Å². The second-order valence-electron chi connectivity index (χ2n) is 12.2. The Hall–Kier alpha value is -1.97. The van der Waals surface area contributed by atoms with Crippen molar-refractivity contribution in [3.8, 4) is 0 Å². The molecule has 1 saturated carbocycles. The molecule has 0 spiro atoms. The van der Waals surface area contributed by atoms with Crippen LogP contribution in [-0.2, 0) is 11.2 Å². The van der Waals surface area contributed by atoms with E-state index in [1.54, 1.807) is 0 Å². The molecule has 3 N–H and O–H groups in total. The van der Waals surface area contributed by atoms with Crippen molar-refractivity contribution >= 4 is 22.5 Å². The molecule has 0 saturated heterocycles. The molecule has 0 unspecified atom stereocenters. The Morgan fingerprint density at radius 1 is 0.795 bits per heavy atom. The van der Waals surface area contributed by atoms with E-state index in [-0.39, 0.29) is 5.91 Å². The maximum absolute atomic E-state index is 12.3. The summed E-state index contributed by atoms with van der Waals surface area (Å²) in [6.07, 6.45) is 32.2. The highest BCUT2D eigenvalue weighted by Crippen LogP contribution is 2.26. The molecular formula is C35H59N3O. The Morgan fingerprint density at radius 2 is 1.36 bits per heavy atom. The summed E-state index contributed by atoms with van der Waals surface area (Å²) in [5.74, 6) is 0.208. The van der Waals surface area contributed by atoms with Crippen LogP contribution in [0, 0.1) is 0 Å². The largest absolute Gasteiger partial charge is 0.382 e. The third-order valence-corrected chi connectivity index (χ3v) is 8.72. The molecule has 0 aliphatic heterocycles. The number of amides is 1. The molecule has 1 heterocycles. The van der Waals surface area contributed by atoms with Gasteiger partial charge in [0.1, 0.15) is 0 Å². The van der Waals surface area contributed by atoms with Gasteiger partial charge in [-0.3, -0.25) is 4.79 Å². The number of carbonyl (C=O) groups is 1. The van der Waals surface area contributed by atoms with E-state index < -0.39 is 0 Å². The number of aromatic amines is 1.